The number of rotatable bonds is 3. The van der Waals surface area contributed by atoms with Crippen LogP contribution in [0.4, 0.5) is 4.39 Å². The van der Waals surface area contributed by atoms with Crippen molar-refractivity contribution in [2.75, 3.05) is 26.2 Å². The molecule has 2 heterocycles. The van der Waals surface area contributed by atoms with Crippen LogP contribution < -0.4 is 0 Å². The minimum Gasteiger partial charge on any atom is -0.356 e. The first-order valence-electron chi connectivity index (χ1n) is 8.31. The Bertz CT molecular complexity index is 900. The maximum absolute atomic E-state index is 13.3. The van der Waals surface area contributed by atoms with Crippen LogP contribution in [0.5, 0.6) is 0 Å². The highest BCUT2D eigenvalue weighted by molar-refractivity contribution is 5.94. The van der Waals surface area contributed by atoms with Gasteiger partial charge in [0, 0.05) is 43.7 Å². The first kappa shape index (κ1) is 15.8. The summed E-state index contributed by atoms with van der Waals surface area (Å²) in [5.41, 5.74) is 2.11. The summed E-state index contributed by atoms with van der Waals surface area (Å²) >= 11 is 0. The zero-order valence-corrected chi connectivity index (χ0v) is 13.7. The normalized spacial score (nSPS) is 15.6. The number of carbonyl (C=O) groups is 1. The van der Waals surface area contributed by atoms with Gasteiger partial charge in [0.25, 0.3) is 5.91 Å². The van der Waals surface area contributed by atoms with Crippen LogP contribution in [0.3, 0.4) is 0 Å². The van der Waals surface area contributed by atoms with E-state index in [1.807, 2.05) is 24.3 Å². The second-order valence-electron chi connectivity index (χ2n) is 6.20. The van der Waals surface area contributed by atoms with Crippen LogP contribution in [0.25, 0.3) is 11.0 Å². The third-order valence-corrected chi connectivity index (χ3v) is 4.56. The summed E-state index contributed by atoms with van der Waals surface area (Å²) in [5.74, 6) is -0.506. The van der Waals surface area contributed by atoms with Gasteiger partial charge in [-0.2, -0.15) is 0 Å². The molecule has 25 heavy (non-hydrogen) atoms. The second kappa shape index (κ2) is 6.64. The Kier molecular flexibility index (Phi) is 4.19. The van der Waals surface area contributed by atoms with Gasteiger partial charge in [0.05, 0.1) is 0 Å². The number of hydrogen-bond acceptors (Lipinski definition) is 4. The van der Waals surface area contributed by atoms with Crippen molar-refractivity contribution >= 4 is 16.9 Å². The summed E-state index contributed by atoms with van der Waals surface area (Å²) < 4.78 is 18.6. The van der Waals surface area contributed by atoms with Gasteiger partial charge >= 0.3 is 0 Å². The predicted molar refractivity (Wildman–Crippen MR) is 91.6 cm³/mol. The fraction of sp³-hybridized carbons (Fsp3) is 0.263. The quantitative estimate of drug-likeness (QED) is 0.736. The summed E-state index contributed by atoms with van der Waals surface area (Å²) in [6, 6.07) is 13.7. The number of benzene rings is 2. The van der Waals surface area contributed by atoms with E-state index in [1.54, 1.807) is 17.0 Å². The molecule has 0 spiro atoms. The lowest BCUT2D eigenvalue weighted by Crippen LogP contribution is -2.48. The van der Waals surface area contributed by atoms with E-state index in [-0.39, 0.29) is 11.7 Å². The molecule has 0 radical (unpaired) electrons. The zero-order chi connectivity index (χ0) is 17.2. The van der Waals surface area contributed by atoms with E-state index in [0.29, 0.717) is 25.2 Å². The highest BCUT2D eigenvalue weighted by atomic mass is 19.1. The van der Waals surface area contributed by atoms with Crippen molar-refractivity contribution in [2.45, 2.75) is 6.54 Å². The third-order valence-electron chi connectivity index (χ3n) is 4.56. The average Bonchev–Trinajstić information content (AvgIpc) is 3.05. The molecule has 1 amide bonds. The first-order valence-corrected chi connectivity index (χ1v) is 8.31. The minimum absolute atomic E-state index is 0.119. The highest BCUT2D eigenvalue weighted by Gasteiger charge is 2.23. The van der Waals surface area contributed by atoms with Crippen LogP contribution >= 0.6 is 0 Å². The monoisotopic (exact) mass is 339 g/mol. The predicted octanol–water partition coefficient (Wildman–Crippen LogP) is 2.92. The Balaban J connectivity index is 1.39. The smallest absolute Gasteiger partial charge is 0.254 e. The maximum atomic E-state index is 13.3. The third kappa shape index (κ3) is 3.25. The number of aromatic nitrogens is 1. The summed E-state index contributed by atoms with van der Waals surface area (Å²) in [4.78, 5) is 16.5. The van der Waals surface area contributed by atoms with E-state index in [4.69, 9.17) is 4.52 Å². The van der Waals surface area contributed by atoms with Crippen molar-refractivity contribution in [1.82, 2.24) is 15.0 Å². The summed E-state index contributed by atoms with van der Waals surface area (Å²) in [6.07, 6.45) is 0. The molecule has 3 aromatic rings. The molecular weight excluding hydrogens is 321 g/mol. The molecule has 1 aliphatic heterocycles. The van der Waals surface area contributed by atoms with Crippen LogP contribution in [0.1, 0.15) is 16.1 Å². The van der Waals surface area contributed by atoms with Gasteiger partial charge < -0.3 is 9.42 Å². The molecule has 6 heteroatoms. The number of para-hydroxylation sites is 1. The topological polar surface area (TPSA) is 49.6 Å². The molecule has 0 aliphatic carbocycles. The van der Waals surface area contributed by atoms with Gasteiger partial charge in [0.15, 0.2) is 5.58 Å². The lowest BCUT2D eigenvalue weighted by molar-refractivity contribution is 0.0625. The Hall–Kier alpha value is -2.73. The largest absolute Gasteiger partial charge is 0.356 e. The van der Waals surface area contributed by atoms with Crippen LogP contribution in [0.15, 0.2) is 53.1 Å². The van der Waals surface area contributed by atoms with Gasteiger partial charge in [-0.1, -0.05) is 23.4 Å². The van der Waals surface area contributed by atoms with E-state index >= 15 is 0 Å². The molecule has 128 valence electrons. The second-order valence-corrected chi connectivity index (χ2v) is 6.20. The molecule has 0 atom stereocenters. The van der Waals surface area contributed by atoms with E-state index in [0.717, 1.165) is 29.8 Å². The van der Waals surface area contributed by atoms with Crippen molar-refractivity contribution in [3.8, 4) is 0 Å². The first-order chi connectivity index (χ1) is 12.2. The molecule has 0 bridgehead atoms. The molecule has 4 rings (SSSR count). The number of amides is 1. The van der Waals surface area contributed by atoms with Crippen LogP contribution in [-0.4, -0.2) is 47.0 Å². The molecule has 1 fully saturated rings. The van der Waals surface area contributed by atoms with Crippen molar-refractivity contribution in [2.24, 2.45) is 0 Å². The van der Waals surface area contributed by atoms with Crippen LogP contribution in [-0.2, 0) is 6.54 Å². The standard InChI is InChI=1S/C19H18FN3O2/c20-15-5-3-4-14(12-15)19(24)23-10-8-22(9-11-23)13-17-16-6-1-2-7-18(16)25-21-17/h1-7,12H,8-11,13H2. The lowest BCUT2D eigenvalue weighted by atomic mass is 10.1. The Morgan fingerprint density at radius 2 is 1.88 bits per heavy atom. The summed E-state index contributed by atoms with van der Waals surface area (Å²) in [5, 5.41) is 5.19. The lowest BCUT2D eigenvalue weighted by Gasteiger charge is -2.34. The number of carbonyl (C=O) groups excluding carboxylic acids is 1. The Morgan fingerprint density at radius 3 is 2.68 bits per heavy atom. The average molecular weight is 339 g/mol. The van der Waals surface area contributed by atoms with E-state index in [2.05, 4.69) is 10.1 Å². The van der Waals surface area contributed by atoms with Crippen LogP contribution in [0, 0.1) is 5.82 Å². The zero-order valence-electron chi connectivity index (χ0n) is 13.7. The maximum Gasteiger partial charge on any atom is 0.254 e. The molecule has 1 saturated heterocycles. The minimum atomic E-state index is -0.387. The van der Waals surface area contributed by atoms with Gasteiger partial charge in [0.1, 0.15) is 11.5 Å². The summed E-state index contributed by atoms with van der Waals surface area (Å²) in [6.45, 7) is 3.43. The van der Waals surface area contributed by atoms with E-state index in [9.17, 15) is 9.18 Å². The van der Waals surface area contributed by atoms with Crippen molar-refractivity contribution in [3.63, 3.8) is 0 Å². The molecule has 2 aromatic carbocycles. The van der Waals surface area contributed by atoms with E-state index < -0.39 is 0 Å². The molecule has 0 unspecified atom stereocenters. The van der Waals surface area contributed by atoms with Gasteiger partial charge in [-0.25, -0.2) is 4.39 Å². The van der Waals surface area contributed by atoms with Gasteiger partial charge in [-0.3, -0.25) is 9.69 Å². The Labute approximate surface area is 144 Å². The molecule has 5 nitrogen and oxygen atoms in total. The molecular formula is C19H18FN3O2. The van der Waals surface area contributed by atoms with Gasteiger partial charge in [-0.15, -0.1) is 0 Å². The van der Waals surface area contributed by atoms with Crippen LogP contribution in [0.2, 0.25) is 0 Å². The number of hydrogen-bond donors (Lipinski definition) is 0. The van der Waals surface area contributed by atoms with Gasteiger partial charge in [-0.05, 0) is 30.3 Å². The molecule has 1 aromatic heterocycles. The SMILES string of the molecule is O=C(c1cccc(F)c1)N1CCN(Cc2noc3ccccc23)CC1. The number of piperazine rings is 1. The Morgan fingerprint density at radius 1 is 1.08 bits per heavy atom. The molecule has 0 saturated carbocycles. The van der Waals surface area contributed by atoms with Crippen molar-refractivity contribution in [3.05, 3.63) is 65.6 Å². The summed E-state index contributed by atoms with van der Waals surface area (Å²) in [7, 11) is 0. The van der Waals surface area contributed by atoms with Crippen molar-refractivity contribution < 1.29 is 13.7 Å². The van der Waals surface area contributed by atoms with Crippen molar-refractivity contribution in [1.29, 1.82) is 0 Å². The number of fused-ring (bicyclic) bond motifs is 1. The fourth-order valence-corrected chi connectivity index (χ4v) is 3.18. The van der Waals surface area contributed by atoms with E-state index in [1.165, 1.54) is 12.1 Å². The highest BCUT2D eigenvalue weighted by Crippen LogP contribution is 2.20. The molecule has 0 N–H and O–H groups in total. The number of halogens is 1. The number of nitrogens with zero attached hydrogens (tertiary/aromatic N) is 3. The fourth-order valence-electron chi connectivity index (χ4n) is 3.18. The molecule has 1 aliphatic rings. The van der Waals surface area contributed by atoms with Gasteiger partial charge in [0.2, 0.25) is 0 Å².